The number of β-amino-alcohol motifs (C(OH)–C–C–N with tert-alkyl or cyclic N) is 1. The quantitative estimate of drug-likeness (QED) is 0.776. The first-order chi connectivity index (χ1) is 12.0. The number of aromatic nitrogens is 4. The molecule has 9 heteroatoms. The standard InChI is InChI=1S/C16H24N6O3/c1-4-11-6-12(19-18-11)16(24)22-7-13(14(23)8-22)21(5-2)9-15-20-17-10(3)25-15/h6,13-14,23H,4-5,7-9H2,1-3H3,(H,18,19)/t13-,14-/m1/s1. The fraction of sp³-hybridized carbons (Fsp3) is 0.625. The molecule has 1 aliphatic heterocycles. The number of aliphatic hydroxyl groups excluding tert-OH is 1. The van der Waals surface area contributed by atoms with E-state index < -0.39 is 6.10 Å². The molecule has 2 atom stereocenters. The Morgan fingerprint density at radius 2 is 2.24 bits per heavy atom. The van der Waals surface area contributed by atoms with Crippen molar-refractivity contribution in [1.82, 2.24) is 30.2 Å². The van der Waals surface area contributed by atoms with Gasteiger partial charge in [-0.2, -0.15) is 5.10 Å². The zero-order chi connectivity index (χ0) is 18.0. The van der Waals surface area contributed by atoms with Crippen LogP contribution in [0.25, 0.3) is 0 Å². The van der Waals surface area contributed by atoms with Gasteiger partial charge in [0.2, 0.25) is 11.8 Å². The highest BCUT2D eigenvalue weighted by Crippen LogP contribution is 2.20. The summed E-state index contributed by atoms with van der Waals surface area (Å²) in [5, 5.41) is 25.2. The summed E-state index contributed by atoms with van der Waals surface area (Å²) in [4.78, 5) is 16.3. The molecule has 3 heterocycles. The predicted molar refractivity (Wildman–Crippen MR) is 88.8 cm³/mol. The van der Waals surface area contributed by atoms with Crippen LogP contribution >= 0.6 is 0 Å². The first-order valence-corrected chi connectivity index (χ1v) is 8.56. The summed E-state index contributed by atoms with van der Waals surface area (Å²) >= 11 is 0. The number of aryl methyl sites for hydroxylation is 2. The van der Waals surface area contributed by atoms with E-state index in [-0.39, 0.29) is 18.5 Å². The first kappa shape index (κ1) is 17.6. The summed E-state index contributed by atoms with van der Waals surface area (Å²) < 4.78 is 5.43. The Hall–Kier alpha value is -2.26. The van der Waals surface area contributed by atoms with E-state index in [0.717, 1.165) is 12.1 Å². The van der Waals surface area contributed by atoms with Crippen molar-refractivity contribution in [1.29, 1.82) is 0 Å². The van der Waals surface area contributed by atoms with Crippen LogP contribution in [0, 0.1) is 6.92 Å². The van der Waals surface area contributed by atoms with Gasteiger partial charge in [0.15, 0.2) is 0 Å². The number of carbonyl (C=O) groups excluding carboxylic acids is 1. The van der Waals surface area contributed by atoms with E-state index in [1.807, 2.05) is 18.7 Å². The third kappa shape index (κ3) is 3.72. The Bertz CT molecular complexity index is 727. The summed E-state index contributed by atoms with van der Waals surface area (Å²) in [7, 11) is 0. The van der Waals surface area contributed by atoms with Gasteiger partial charge in [-0.25, -0.2) is 0 Å². The molecular formula is C16H24N6O3. The number of rotatable bonds is 6. The molecule has 25 heavy (non-hydrogen) atoms. The van der Waals surface area contributed by atoms with E-state index >= 15 is 0 Å². The summed E-state index contributed by atoms with van der Waals surface area (Å²) in [6.07, 6.45) is 0.163. The minimum absolute atomic E-state index is 0.165. The fourth-order valence-electron chi connectivity index (χ4n) is 3.15. The minimum Gasteiger partial charge on any atom is -0.424 e. The number of carbonyl (C=O) groups is 1. The van der Waals surface area contributed by atoms with Gasteiger partial charge in [0.1, 0.15) is 5.69 Å². The lowest BCUT2D eigenvalue weighted by atomic mass is 10.2. The molecule has 0 aromatic carbocycles. The Morgan fingerprint density at radius 1 is 1.44 bits per heavy atom. The molecule has 0 saturated carbocycles. The number of likely N-dealkylation sites (N-methyl/N-ethyl adjacent to an activating group) is 1. The van der Waals surface area contributed by atoms with E-state index in [1.54, 1.807) is 17.9 Å². The number of H-pyrrole nitrogens is 1. The number of amides is 1. The smallest absolute Gasteiger partial charge is 0.274 e. The zero-order valence-electron chi connectivity index (χ0n) is 14.8. The molecule has 136 valence electrons. The predicted octanol–water partition coefficient (Wildman–Crippen LogP) is 0.371. The number of likely N-dealkylation sites (tertiary alicyclic amines) is 1. The number of aliphatic hydroxyl groups is 1. The van der Waals surface area contributed by atoms with E-state index in [9.17, 15) is 9.90 Å². The Labute approximate surface area is 146 Å². The summed E-state index contributed by atoms with van der Waals surface area (Å²) in [6.45, 7) is 7.62. The molecule has 0 unspecified atom stereocenters. The third-order valence-electron chi connectivity index (χ3n) is 4.56. The second kappa shape index (κ2) is 7.32. The molecule has 2 N–H and O–H groups in total. The van der Waals surface area contributed by atoms with Crippen molar-refractivity contribution in [2.75, 3.05) is 19.6 Å². The van der Waals surface area contributed by atoms with E-state index in [0.29, 0.717) is 37.1 Å². The van der Waals surface area contributed by atoms with Gasteiger partial charge >= 0.3 is 0 Å². The minimum atomic E-state index is -0.627. The van der Waals surface area contributed by atoms with Gasteiger partial charge in [-0.3, -0.25) is 14.8 Å². The molecule has 9 nitrogen and oxygen atoms in total. The van der Waals surface area contributed by atoms with Gasteiger partial charge in [0, 0.05) is 25.7 Å². The van der Waals surface area contributed by atoms with Gasteiger partial charge in [0.05, 0.1) is 18.7 Å². The molecule has 0 radical (unpaired) electrons. The van der Waals surface area contributed by atoms with E-state index in [1.165, 1.54) is 0 Å². The number of nitrogens with zero attached hydrogens (tertiary/aromatic N) is 5. The van der Waals surface area contributed by atoms with Crippen molar-refractivity contribution in [3.63, 3.8) is 0 Å². The van der Waals surface area contributed by atoms with E-state index in [4.69, 9.17) is 4.42 Å². The van der Waals surface area contributed by atoms with Gasteiger partial charge in [-0.05, 0) is 19.0 Å². The van der Waals surface area contributed by atoms with Crippen molar-refractivity contribution in [2.45, 2.75) is 45.9 Å². The highest BCUT2D eigenvalue weighted by atomic mass is 16.4. The lowest BCUT2D eigenvalue weighted by Crippen LogP contribution is -2.43. The van der Waals surface area contributed by atoms with Gasteiger partial charge in [0.25, 0.3) is 5.91 Å². The normalized spacial score (nSPS) is 20.6. The SMILES string of the molecule is CCc1cc(C(=O)N2C[C@@H](O)[C@H](N(CC)Cc3nnc(C)o3)C2)n[nH]1. The second-order valence-corrected chi connectivity index (χ2v) is 6.25. The van der Waals surface area contributed by atoms with Crippen molar-refractivity contribution in [3.8, 4) is 0 Å². The highest BCUT2D eigenvalue weighted by molar-refractivity contribution is 5.92. The summed E-state index contributed by atoms with van der Waals surface area (Å²) in [6, 6.07) is 1.59. The lowest BCUT2D eigenvalue weighted by molar-refractivity contribution is 0.0741. The largest absolute Gasteiger partial charge is 0.424 e. The molecule has 1 saturated heterocycles. The van der Waals surface area contributed by atoms with Crippen LogP contribution < -0.4 is 0 Å². The monoisotopic (exact) mass is 348 g/mol. The highest BCUT2D eigenvalue weighted by Gasteiger charge is 2.38. The molecule has 1 amide bonds. The van der Waals surface area contributed by atoms with Crippen LogP contribution in [0.1, 0.15) is 41.8 Å². The lowest BCUT2D eigenvalue weighted by Gasteiger charge is -2.27. The summed E-state index contributed by atoms with van der Waals surface area (Å²) in [5.74, 6) is 0.860. The van der Waals surface area contributed by atoms with Crippen LogP contribution in [0.2, 0.25) is 0 Å². The average molecular weight is 348 g/mol. The molecule has 2 aromatic heterocycles. The maximum absolute atomic E-state index is 12.6. The van der Waals surface area contributed by atoms with Crippen molar-refractivity contribution in [2.24, 2.45) is 0 Å². The van der Waals surface area contributed by atoms with Crippen molar-refractivity contribution < 1.29 is 14.3 Å². The number of hydrogen-bond acceptors (Lipinski definition) is 7. The molecule has 1 aliphatic rings. The second-order valence-electron chi connectivity index (χ2n) is 6.25. The van der Waals surface area contributed by atoms with Gasteiger partial charge < -0.3 is 14.4 Å². The molecule has 0 bridgehead atoms. The molecular weight excluding hydrogens is 324 g/mol. The number of aromatic amines is 1. The topological polar surface area (TPSA) is 111 Å². The van der Waals surface area contributed by atoms with Crippen LogP contribution in [0.3, 0.4) is 0 Å². The van der Waals surface area contributed by atoms with Crippen LogP contribution in [-0.4, -0.2) is 73.0 Å². The molecule has 2 aromatic rings. The van der Waals surface area contributed by atoms with Crippen LogP contribution in [0.5, 0.6) is 0 Å². The number of hydrogen-bond donors (Lipinski definition) is 2. The maximum atomic E-state index is 12.6. The molecule has 1 fully saturated rings. The maximum Gasteiger partial charge on any atom is 0.274 e. The Balaban J connectivity index is 1.67. The van der Waals surface area contributed by atoms with Crippen LogP contribution in [0.15, 0.2) is 10.5 Å². The molecule has 0 spiro atoms. The van der Waals surface area contributed by atoms with Gasteiger partial charge in [-0.15, -0.1) is 10.2 Å². The van der Waals surface area contributed by atoms with E-state index in [2.05, 4.69) is 20.4 Å². The van der Waals surface area contributed by atoms with Crippen molar-refractivity contribution >= 4 is 5.91 Å². The third-order valence-corrected chi connectivity index (χ3v) is 4.56. The first-order valence-electron chi connectivity index (χ1n) is 8.56. The zero-order valence-corrected chi connectivity index (χ0v) is 14.8. The Morgan fingerprint density at radius 3 is 2.84 bits per heavy atom. The van der Waals surface area contributed by atoms with Crippen LogP contribution in [0.4, 0.5) is 0 Å². The van der Waals surface area contributed by atoms with Crippen LogP contribution in [-0.2, 0) is 13.0 Å². The Kier molecular flexibility index (Phi) is 5.14. The van der Waals surface area contributed by atoms with Gasteiger partial charge in [-0.1, -0.05) is 13.8 Å². The molecule has 0 aliphatic carbocycles. The average Bonchev–Trinajstić information content (AvgIpc) is 3.32. The van der Waals surface area contributed by atoms with Crippen molar-refractivity contribution in [3.05, 3.63) is 29.2 Å². The number of nitrogens with one attached hydrogen (secondary N) is 1. The molecule has 3 rings (SSSR count). The summed E-state index contributed by atoms with van der Waals surface area (Å²) in [5.41, 5.74) is 1.31. The fourth-order valence-corrected chi connectivity index (χ4v) is 3.15.